The molecule has 0 aliphatic carbocycles. The molecule has 1 N–H and O–H groups in total. The first-order valence-corrected chi connectivity index (χ1v) is 10.2. The third-order valence-corrected chi connectivity index (χ3v) is 5.83. The largest absolute Gasteiger partial charge is 0.342 e. The Labute approximate surface area is 171 Å². The summed E-state index contributed by atoms with van der Waals surface area (Å²) in [4.78, 5) is 41.2. The average molecular weight is 406 g/mol. The summed E-state index contributed by atoms with van der Waals surface area (Å²) in [5, 5.41) is 3.54. The summed E-state index contributed by atoms with van der Waals surface area (Å²) in [7, 11) is 0. The molecule has 0 saturated carbocycles. The molecule has 1 atom stereocenters. The fourth-order valence-corrected chi connectivity index (χ4v) is 4.04. The SMILES string of the molecule is CC(C)(C)N1CC(C(=O)N2CCC(C(=O)Nc3ccc(Cl)cc3)CC2)CC1=O. The number of likely N-dealkylation sites (tertiary alicyclic amines) is 2. The van der Waals surface area contributed by atoms with Gasteiger partial charge in [0.25, 0.3) is 0 Å². The number of carbonyl (C=O) groups is 3. The number of halogens is 1. The van der Waals surface area contributed by atoms with Crippen molar-refractivity contribution < 1.29 is 14.4 Å². The smallest absolute Gasteiger partial charge is 0.227 e. The maximum Gasteiger partial charge on any atom is 0.227 e. The first-order chi connectivity index (χ1) is 13.1. The third kappa shape index (κ3) is 4.66. The van der Waals surface area contributed by atoms with Crippen molar-refractivity contribution in [2.45, 2.75) is 45.6 Å². The Balaban J connectivity index is 1.51. The van der Waals surface area contributed by atoms with Crippen LogP contribution in [0.4, 0.5) is 5.69 Å². The molecule has 2 aliphatic heterocycles. The second-order valence-corrected chi connectivity index (χ2v) is 9.11. The Bertz CT molecular complexity index is 749. The highest BCUT2D eigenvalue weighted by molar-refractivity contribution is 6.30. The summed E-state index contributed by atoms with van der Waals surface area (Å²) in [6.45, 7) is 7.56. The van der Waals surface area contributed by atoms with E-state index in [0.717, 1.165) is 5.69 Å². The van der Waals surface area contributed by atoms with Crippen LogP contribution in [-0.2, 0) is 14.4 Å². The molecule has 3 rings (SSSR count). The molecule has 1 unspecified atom stereocenters. The van der Waals surface area contributed by atoms with E-state index in [1.807, 2.05) is 25.7 Å². The lowest BCUT2D eigenvalue weighted by Gasteiger charge is -2.34. The van der Waals surface area contributed by atoms with Gasteiger partial charge in [0, 0.05) is 48.2 Å². The molecule has 0 aromatic heterocycles. The number of anilines is 1. The maximum atomic E-state index is 12.9. The highest BCUT2D eigenvalue weighted by atomic mass is 35.5. The van der Waals surface area contributed by atoms with Crippen molar-refractivity contribution in [3.05, 3.63) is 29.3 Å². The Morgan fingerprint density at radius 1 is 1.07 bits per heavy atom. The second-order valence-electron chi connectivity index (χ2n) is 8.67. The minimum atomic E-state index is -0.272. The van der Waals surface area contributed by atoms with Crippen LogP contribution in [0, 0.1) is 11.8 Å². The van der Waals surface area contributed by atoms with Gasteiger partial charge in [0.1, 0.15) is 0 Å². The zero-order valence-electron chi connectivity index (χ0n) is 16.7. The van der Waals surface area contributed by atoms with E-state index in [0.29, 0.717) is 37.5 Å². The van der Waals surface area contributed by atoms with Crippen LogP contribution in [0.25, 0.3) is 0 Å². The van der Waals surface area contributed by atoms with E-state index < -0.39 is 0 Å². The lowest BCUT2D eigenvalue weighted by molar-refractivity contribution is -0.138. The van der Waals surface area contributed by atoms with Crippen molar-refractivity contribution in [3.63, 3.8) is 0 Å². The molecule has 0 bridgehead atoms. The number of piperidine rings is 1. The fraction of sp³-hybridized carbons (Fsp3) is 0.571. The molecule has 152 valence electrons. The predicted octanol–water partition coefficient (Wildman–Crippen LogP) is 3.16. The Morgan fingerprint density at radius 3 is 2.21 bits per heavy atom. The highest BCUT2D eigenvalue weighted by Crippen LogP contribution is 2.29. The molecule has 2 saturated heterocycles. The van der Waals surface area contributed by atoms with Gasteiger partial charge in [0.2, 0.25) is 17.7 Å². The van der Waals surface area contributed by atoms with Gasteiger partial charge in [-0.3, -0.25) is 14.4 Å². The molecule has 2 heterocycles. The Kier molecular flexibility index (Phi) is 5.98. The van der Waals surface area contributed by atoms with Crippen LogP contribution in [0.15, 0.2) is 24.3 Å². The van der Waals surface area contributed by atoms with Gasteiger partial charge in [-0.15, -0.1) is 0 Å². The zero-order valence-corrected chi connectivity index (χ0v) is 17.5. The predicted molar refractivity (Wildman–Crippen MR) is 109 cm³/mol. The van der Waals surface area contributed by atoms with Crippen molar-refractivity contribution in [3.8, 4) is 0 Å². The van der Waals surface area contributed by atoms with Crippen molar-refractivity contribution in [1.29, 1.82) is 0 Å². The normalized spacial score (nSPS) is 21.1. The number of hydrogen-bond donors (Lipinski definition) is 1. The average Bonchev–Trinajstić information content (AvgIpc) is 3.05. The van der Waals surface area contributed by atoms with Crippen LogP contribution in [0.1, 0.15) is 40.0 Å². The van der Waals surface area contributed by atoms with Crippen LogP contribution >= 0.6 is 11.6 Å². The zero-order chi connectivity index (χ0) is 20.5. The van der Waals surface area contributed by atoms with Gasteiger partial charge in [-0.2, -0.15) is 0 Å². The van der Waals surface area contributed by atoms with E-state index in [1.54, 1.807) is 29.2 Å². The van der Waals surface area contributed by atoms with Crippen molar-refractivity contribution in [2.75, 3.05) is 25.0 Å². The van der Waals surface area contributed by atoms with E-state index in [2.05, 4.69) is 5.32 Å². The van der Waals surface area contributed by atoms with Crippen molar-refractivity contribution in [2.24, 2.45) is 11.8 Å². The molecule has 3 amide bonds. The molecule has 2 fully saturated rings. The molecule has 28 heavy (non-hydrogen) atoms. The van der Waals surface area contributed by atoms with Gasteiger partial charge in [0.05, 0.1) is 5.92 Å². The van der Waals surface area contributed by atoms with E-state index >= 15 is 0 Å². The lowest BCUT2D eigenvalue weighted by atomic mass is 9.94. The molecule has 1 aromatic carbocycles. The maximum absolute atomic E-state index is 12.9. The summed E-state index contributed by atoms with van der Waals surface area (Å²) in [6.07, 6.45) is 1.55. The van der Waals surface area contributed by atoms with Gasteiger partial charge in [-0.1, -0.05) is 11.6 Å². The molecular weight excluding hydrogens is 378 g/mol. The summed E-state index contributed by atoms with van der Waals surface area (Å²) in [5.41, 5.74) is 0.457. The number of hydrogen-bond acceptors (Lipinski definition) is 3. The van der Waals surface area contributed by atoms with E-state index in [9.17, 15) is 14.4 Å². The number of nitrogens with one attached hydrogen (secondary N) is 1. The first kappa shape index (κ1) is 20.6. The number of benzene rings is 1. The monoisotopic (exact) mass is 405 g/mol. The lowest BCUT2D eigenvalue weighted by Crippen LogP contribution is -2.46. The van der Waals surface area contributed by atoms with Gasteiger partial charge in [-0.25, -0.2) is 0 Å². The summed E-state index contributed by atoms with van der Waals surface area (Å²) >= 11 is 5.87. The highest BCUT2D eigenvalue weighted by Gasteiger charge is 2.41. The van der Waals surface area contributed by atoms with Gasteiger partial charge in [-0.05, 0) is 57.9 Å². The minimum Gasteiger partial charge on any atom is -0.342 e. The second kappa shape index (κ2) is 8.11. The standard InChI is InChI=1S/C21H28ClN3O3/c1-21(2,3)25-13-15(12-18(25)26)20(28)24-10-8-14(9-11-24)19(27)23-17-6-4-16(22)5-7-17/h4-7,14-15H,8-13H2,1-3H3,(H,23,27). The van der Waals surface area contributed by atoms with Crippen molar-refractivity contribution in [1.82, 2.24) is 9.80 Å². The molecule has 0 radical (unpaired) electrons. The van der Waals surface area contributed by atoms with E-state index in [4.69, 9.17) is 11.6 Å². The number of amides is 3. The molecule has 2 aliphatic rings. The Morgan fingerprint density at radius 2 is 1.68 bits per heavy atom. The molecule has 6 nitrogen and oxygen atoms in total. The van der Waals surface area contributed by atoms with E-state index in [-0.39, 0.29) is 41.5 Å². The van der Waals surface area contributed by atoms with E-state index in [1.165, 1.54) is 0 Å². The summed E-state index contributed by atoms with van der Waals surface area (Å²) < 4.78 is 0. The molecule has 7 heteroatoms. The van der Waals surface area contributed by atoms with Crippen LogP contribution in [0.5, 0.6) is 0 Å². The number of nitrogens with zero attached hydrogens (tertiary/aromatic N) is 2. The number of rotatable bonds is 3. The van der Waals surface area contributed by atoms with Gasteiger partial charge in [0.15, 0.2) is 0 Å². The summed E-state index contributed by atoms with van der Waals surface area (Å²) in [5.74, 6) is -0.328. The Hall–Kier alpha value is -2.08. The van der Waals surface area contributed by atoms with Crippen LogP contribution in [0.2, 0.25) is 5.02 Å². The van der Waals surface area contributed by atoms with Crippen LogP contribution in [0.3, 0.4) is 0 Å². The van der Waals surface area contributed by atoms with Crippen molar-refractivity contribution >= 4 is 35.0 Å². The van der Waals surface area contributed by atoms with Crippen LogP contribution < -0.4 is 5.32 Å². The van der Waals surface area contributed by atoms with Gasteiger partial charge >= 0.3 is 0 Å². The summed E-state index contributed by atoms with van der Waals surface area (Å²) in [6, 6.07) is 7.03. The molecule has 0 spiro atoms. The fourth-order valence-electron chi connectivity index (χ4n) is 3.92. The quantitative estimate of drug-likeness (QED) is 0.839. The molecule has 1 aromatic rings. The molecular formula is C21H28ClN3O3. The minimum absolute atomic E-state index is 0.0237. The van der Waals surface area contributed by atoms with Crippen LogP contribution in [-0.4, -0.2) is 52.7 Å². The van der Waals surface area contributed by atoms with Gasteiger partial charge < -0.3 is 15.1 Å². The number of carbonyl (C=O) groups excluding carboxylic acids is 3. The third-order valence-electron chi connectivity index (χ3n) is 5.57. The first-order valence-electron chi connectivity index (χ1n) is 9.81. The topological polar surface area (TPSA) is 69.7 Å².